The van der Waals surface area contributed by atoms with Crippen molar-refractivity contribution in [3.63, 3.8) is 0 Å². The van der Waals surface area contributed by atoms with Gasteiger partial charge in [-0.25, -0.2) is 9.78 Å². The molecule has 0 spiro atoms. The maximum atomic E-state index is 12.6. The molecule has 0 saturated heterocycles. The minimum absolute atomic E-state index is 0. The van der Waals surface area contributed by atoms with Crippen LogP contribution in [0.25, 0.3) is 0 Å². The van der Waals surface area contributed by atoms with Crippen molar-refractivity contribution in [2.45, 2.75) is 6.17 Å². The first-order chi connectivity index (χ1) is 14.3. The summed E-state index contributed by atoms with van der Waals surface area (Å²) in [7, 11) is 0. The maximum Gasteiger partial charge on any atom is 1.00 e. The number of hydrogen-bond donors (Lipinski definition) is 4. The first-order valence-electron chi connectivity index (χ1n) is 8.58. The molecule has 2 amide bonds. The summed E-state index contributed by atoms with van der Waals surface area (Å²) in [5.41, 5.74) is 5.16. The molecule has 0 saturated carbocycles. The molecule has 1 atom stereocenters. The Kier molecular flexibility index (Phi) is 8.46. The number of carboxylic acid groups (broad SMARTS) is 1. The van der Waals surface area contributed by atoms with E-state index >= 15 is 0 Å². The second-order valence-corrected chi connectivity index (χ2v) is 6.45. The van der Waals surface area contributed by atoms with Crippen molar-refractivity contribution in [2.24, 2.45) is 5.73 Å². The first kappa shape index (κ1) is 24.2. The van der Waals surface area contributed by atoms with Crippen LogP contribution in [0.5, 0.6) is 0 Å². The molecule has 3 aromatic rings. The number of anilines is 4. The van der Waals surface area contributed by atoms with Gasteiger partial charge in [-0.1, -0.05) is 29.8 Å². The van der Waals surface area contributed by atoms with E-state index in [4.69, 9.17) is 17.3 Å². The smallest absolute Gasteiger partial charge is 0.546 e. The number of carbonyl (C=O) groups is 2. The van der Waals surface area contributed by atoms with Crippen LogP contribution in [-0.4, -0.2) is 28.1 Å². The summed E-state index contributed by atoms with van der Waals surface area (Å²) in [4.78, 5) is 43.3. The number of halogens is 1. The predicted octanol–water partition coefficient (Wildman–Crippen LogP) is -1.76. The molecule has 2 aromatic carbocycles. The van der Waals surface area contributed by atoms with Crippen molar-refractivity contribution in [3.8, 4) is 0 Å². The van der Waals surface area contributed by atoms with Gasteiger partial charge in [0.1, 0.15) is 11.9 Å². The zero-order valence-electron chi connectivity index (χ0n) is 16.3. The third kappa shape index (κ3) is 6.22. The monoisotopic (exact) mass is 450 g/mol. The summed E-state index contributed by atoms with van der Waals surface area (Å²) >= 11 is 5.83. The van der Waals surface area contributed by atoms with Crippen LogP contribution in [0.15, 0.2) is 65.6 Å². The molecular weight excluding hydrogens is 435 g/mol. The number of H-pyrrole nitrogens is 1. The number of carbonyl (C=O) groups excluding carboxylic acids is 2. The Morgan fingerprint density at radius 2 is 1.74 bits per heavy atom. The van der Waals surface area contributed by atoms with Crippen molar-refractivity contribution in [3.05, 3.63) is 76.2 Å². The molecule has 5 N–H and O–H groups in total. The minimum Gasteiger partial charge on any atom is -0.546 e. The number of para-hydroxylation sites is 1. The van der Waals surface area contributed by atoms with E-state index in [9.17, 15) is 19.5 Å². The number of nitrogens with zero attached hydrogens (tertiary/aromatic N) is 2. The van der Waals surface area contributed by atoms with Crippen LogP contribution < -0.4 is 61.5 Å². The van der Waals surface area contributed by atoms with Gasteiger partial charge < -0.3 is 26.3 Å². The molecule has 1 aromatic heterocycles. The number of nitrogens with one attached hydrogen (secondary N) is 3. The Morgan fingerprint density at radius 3 is 2.29 bits per heavy atom. The average molecular weight is 451 g/mol. The Labute approximate surface area is 203 Å². The zero-order valence-corrected chi connectivity index (χ0v) is 19.1. The summed E-state index contributed by atoms with van der Waals surface area (Å²) in [5, 5.41) is 17.7. The molecule has 0 fully saturated rings. The third-order valence-corrected chi connectivity index (χ3v) is 4.20. The number of carboxylic acids is 1. The molecule has 1 heterocycles. The molecule has 0 unspecified atom stereocenters. The normalized spacial score (nSPS) is 11.0. The average Bonchev–Trinajstić information content (AvgIpc) is 2.71. The van der Waals surface area contributed by atoms with Gasteiger partial charge >= 0.3 is 35.6 Å². The summed E-state index contributed by atoms with van der Waals surface area (Å²) in [6.07, 6.45) is -0.715. The number of primary amides is 1. The van der Waals surface area contributed by atoms with E-state index in [1.54, 1.807) is 54.6 Å². The van der Waals surface area contributed by atoms with Crippen LogP contribution in [-0.2, 0) is 4.79 Å². The van der Waals surface area contributed by atoms with Gasteiger partial charge in [-0.15, -0.1) is 0 Å². The first-order valence-corrected chi connectivity index (χ1v) is 8.96. The quantitative estimate of drug-likeness (QED) is 0.245. The molecular formula is C19H16ClN6NaO4. The van der Waals surface area contributed by atoms with Crippen LogP contribution in [0.2, 0.25) is 5.02 Å². The maximum absolute atomic E-state index is 12.6. The van der Waals surface area contributed by atoms with Gasteiger partial charge in [0.25, 0.3) is 5.56 Å². The SMILES string of the molecule is NC(=O)N(c1cnc(Nc2ccc(Cl)cc2)[nH]c1=O)[C@H](Nc1ccccc1)C(=O)[O-].[Na+]. The van der Waals surface area contributed by atoms with Crippen LogP contribution in [0.1, 0.15) is 0 Å². The molecule has 0 aliphatic heterocycles. The number of aliphatic carboxylic acids is 1. The number of nitrogens with two attached hydrogens (primary N) is 1. The van der Waals surface area contributed by atoms with E-state index in [0.717, 1.165) is 6.20 Å². The summed E-state index contributed by atoms with van der Waals surface area (Å²) in [5.74, 6) is -1.60. The van der Waals surface area contributed by atoms with Crippen LogP contribution in [0.4, 0.5) is 27.8 Å². The Morgan fingerprint density at radius 1 is 1.10 bits per heavy atom. The van der Waals surface area contributed by atoms with E-state index in [2.05, 4.69) is 20.6 Å². The van der Waals surface area contributed by atoms with Crippen molar-refractivity contribution in [1.82, 2.24) is 9.97 Å². The molecule has 0 aliphatic rings. The van der Waals surface area contributed by atoms with Gasteiger partial charge in [0.2, 0.25) is 5.95 Å². The minimum atomic E-state index is -1.75. The second-order valence-electron chi connectivity index (χ2n) is 6.02. The van der Waals surface area contributed by atoms with Crippen molar-refractivity contribution in [2.75, 3.05) is 15.5 Å². The van der Waals surface area contributed by atoms with E-state index in [-0.39, 0.29) is 41.2 Å². The third-order valence-electron chi connectivity index (χ3n) is 3.94. The fourth-order valence-electron chi connectivity index (χ4n) is 2.60. The summed E-state index contributed by atoms with van der Waals surface area (Å²) < 4.78 is 0. The van der Waals surface area contributed by atoms with Crippen molar-refractivity contribution >= 4 is 46.6 Å². The standard InChI is InChI=1S/C19H17ClN6O4.Na/c20-11-6-8-13(9-7-11)24-19-22-10-14(16(27)25-19)26(18(21)30)15(17(28)29)23-12-4-2-1-3-5-12;/h1-10,15,23H,(H2,21,30)(H,28,29)(H2,22,24,25,27);/q;+1/p-1/t15-;/m0./s1. The molecule has 0 radical (unpaired) electrons. The Balaban J connectivity index is 0.00000341. The van der Waals surface area contributed by atoms with Gasteiger partial charge in [0.15, 0.2) is 0 Å². The van der Waals surface area contributed by atoms with Crippen LogP contribution >= 0.6 is 11.6 Å². The van der Waals surface area contributed by atoms with Gasteiger partial charge in [-0.2, -0.15) is 0 Å². The zero-order chi connectivity index (χ0) is 21.7. The summed E-state index contributed by atoms with van der Waals surface area (Å²) in [6.45, 7) is 0. The molecule has 154 valence electrons. The Hall–Kier alpha value is -3.05. The van der Waals surface area contributed by atoms with Crippen molar-refractivity contribution < 1.29 is 44.3 Å². The molecule has 10 nitrogen and oxygen atoms in total. The number of rotatable bonds is 7. The molecule has 31 heavy (non-hydrogen) atoms. The van der Waals surface area contributed by atoms with Gasteiger partial charge in [0, 0.05) is 16.4 Å². The van der Waals surface area contributed by atoms with Crippen molar-refractivity contribution in [1.29, 1.82) is 0 Å². The Bertz CT molecular complexity index is 1110. The number of aromatic nitrogens is 2. The van der Waals surface area contributed by atoms with Gasteiger partial charge in [0.05, 0.1) is 12.2 Å². The number of benzene rings is 2. The van der Waals surface area contributed by atoms with E-state index in [1.165, 1.54) is 0 Å². The van der Waals surface area contributed by atoms with E-state index < -0.39 is 23.7 Å². The molecule has 12 heteroatoms. The topological polar surface area (TPSA) is 156 Å². The van der Waals surface area contributed by atoms with Crippen LogP contribution in [0, 0.1) is 0 Å². The molecule has 0 aliphatic carbocycles. The van der Waals surface area contributed by atoms with E-state index in [0.29, 0.717) is 21.3 Å². The van der Waals surface area contributed by atoms with Gasteiger partial charge in [-0.05, 0) is 36.4 Å². The number of amides is 2. The predicted molar refractivity (Wildman–Crippen MR) is 111 cm³/mol. The van der Waals surface area contributed by atoms with Gasteiger partial charge in [-0.3, -0.25) is 14.7 Å². The number of aromatic amines is 1. The second kappa shape index (κ2) is 10.8. The fourth-order valence-corrected chi connectivity index (χ4v) is 2.73. The fraction of sp³-hybridized carbons (Fsp3) is 0.0526. The largest absolute Gasteiger partial charge is 1.00 e. The summed E-state index contributed by atoms with van der Waals surface area (Å²) in [6, 6.07) is 13.7. The van der Waals surface area contributed by atoms with E-state index in [1.807, 2.05) is 0 Å². The molecule has 3 rings (SSSR count). The van der Waals surface area contributed by atoms with Crippen LogP contribution in [0.3, 0.4) is 0 Å². The number of hydrogen-bond acceptors (Lipinski definition) is 7. The molecule has 0 bridgehead atoms. The number of urea groups is 1.